The molecule has 5 nitrogen and oxygen atoms in total. The molecule has 2 aromatic heterocycles. The van der Waals surface area contributed by atoms with Crippen LogP contribution in [0.2, 0.25) is 0 Å². The minimum absolute atomic E-state index is 0.00392. The van der Waals surface area contributed by atoms with Gasteiger partial charge in [-0.05, 0) is 44.5 Å². The van der Waals surface area contributed by atoms with Gasteiger partial charge in [-0.1, -0.05) is 30.3 Å². The fourth-order valence-corrected chi connectivity index (χ4v) is 4.68. The third-order valence-corrected chi connectivity index (χ3v) is 6.34. The number of nitrogens with zero attached hydrogens (tertiary/aromatic N) is 2. The van der Waals surface area contributed by atoms with Gasteiger partial charge in [0.05, 0.1) is 16.0 Å². The average Bonchev–Trinajstić information content (AvgIpc) is 3.36. The quantitative estimate of drug-likeness (QED) is 0.219. The molecule has 0 saturated heterocycles. The van der Waals surface area contributed by atoms with E-state index in [-0.39, 0.29) is 18.0 Å². The van der Waals surface area contributed by atoms with Gasteiger partial charge in [0.25, 0.3) is 0 Å². The van der Waals surface area contributed by atoms with Crippen LogP contribution in [0.3, 0.4) is 0 Å². The average molecular weight is 501 g/mol. The van der Waals surface area contributed by atoms with Gasteiger partial charge in [0.15, 0.2) is 5.78 Å². The van der Waals surface area contributed by atoms with Crippen molar-refractivity contribution in [2.24, 2.45) is 0 Å². The highest BCUT2D eigenvalue weighted by molar-refractivity contribution is 7.17. The minimum Gasteiger partial charge on any atom is -0.455 e. The van der Waals surface area contributed by atoms with Gasteiger partial charge in [-0.25, -0.2) is 9.78 Å². The zero-order valence-corrected chi connectivity index (χ0v) is 20.4. The summed E-state index contributed by atoms with van der Waals surface area (Å²) in [5, 5.41) is 1.14. The van der Waals surface area contributed by atoms with Crippen LogP contribution in [-0.2, 0) is 17.5 Å². The predicted octanol–water partition coefficient (Wildman–Crippen LogP) is 6.99. The first kappa shape index (κ1) is 24.7. The molecule has 0 bridgehead atoms. The van der Waals surface area contributed by atoms with Gasteiger partial charge in [-0.15, -0.1) is 11.3 Å². The Bertz CT molecular complexity index is 1430. The Hall–Kier alpha value is -3.46. The Kier molecular flexibility index (Phi) is 6.31. The largest absolute Gasteiger partial charge is 0.455 e. The summed E-state index contributed by atoms with van der Waals surface area (Å²) >= 11 is 1.15. The molecule has 4 aromatic rings. The van der Waals surface area contributed by atoms with Gasteiger partial charge in [0.1, 0.15) is 16.3 Å². The van der Waals surface area contributed by atoms with E-state index in [0.717, 1.165) is 23.5 Å². The number of carbonyl (C=O) groups is 2. The fraction of sp³-hybridized carbons (Fsp3) is 0.269. The molecule has 35 heavy (non-hydrogen) atoms. The minimum atomic E-state index is -4.49. The van der Waals surface area contributed by atoms with E-state index in [2.05, 4.69) is 4.98 Å². The molecule has 0 fully saturated rings. The Morgan fingerprint density at radius 1 is 1.06 bits per heavy atom. The number of halogens is 3. The molecular formula is C26H23F3N2O3S. The van der Waals surface area contributed by atoms with Crippen LogP contribution in [-0.4, -0.2) is 26.9 Å². The number of ketones is 1. The zero-order valence-electron chi connectivity index (χ0n) is 19.6. The van der Waals surface area contributed by atoms with Crippen molar-refractivity contribution >= 4 is 34.0 Å². The van der Waals surface area contributed by atoms with Crippen LogP contribution in [0, 0.1) is 0 Å². The van der Waals surface area contributed by atoms with Crippen molar-refractivity contribution in [2.75, 3.05) is 0 Å². The molecule has 2 aromatic carbocycles. The summed E-state index contributed by atoms with van der Waals surface area (Å²) in [6, 6.07) is 12.2. The first-order valence-electron chi connectivity index (χ1n) is 10.8. The standard InChI is InChI=1S/C26H23F3N2O3S/c1-15(32)20-13-30-23(35-20)21-18-10-5-6-11-19(18)31(22(21)24(33)34-25(2,3)4)14-16-8-7-9-17(12-16)26(27,28)29/h5-13H,14H2,1-4H3. The number of ether oxygens (including phenoxy) is 1. The van der Waals surface area contributed by atoms with Crippen molar-refractivity contribution in [1.82, 2.24) is 9.55 Å². The van der Waals surface area contributed by atoms with Crippen LogP contribution in [0.15, 0.2) is 54.7 Å². The number of aromatic nitrogens is 2. The van der Waals surface area contributed by atoms with E-state index in [0.29, 0.717) is 31.9 Å². The summed E-state index contributed by atoms with van der Waals surface area (Å²) in [5.74, 6) is -0.782. The molecule has 182 valence electrons. The van der Waals surface area contributed by atoms with Gasteiger partial charge >= 0.3 is 12.1 Å². The summed E-state index contributed by atoms with van der Waals surface area (Å²) < 4.78 is 47.3. The summed E-state index contributed by atoms with van der Waals surface area (Å²) in [6.45, 7) is 6.65. The second kappa shape index (κ2) is 8.96. The first-order chi connectivity index (χ1) is 16.3. The molecule has 2 heterocycles. The summed E-state index contributed by atoms with van der Waals surface area (Å²) in [5.41, 5.74) is 0.0962. The molecule has 0 amide bonds. The number of hydrogen-bond donors (Lipinski definition) is 0. The first-order valence-corrected chi connectivity index (χ1v) is 11.6. The summed E-state index contributed by atoms with van der Waals surface area (Å²) in [7, 11) is 0. The molecule has 0 aliphatic rings. The van der Waals surface area contributed by atoms with Gasteiger partial charge in [-0.2, -0.15) is 13.2 Å². The molecule has 0 saturated carbocycles. The highest BCUT2D eigenvalue weighted by Crippen LogP contribution is 2.39. The van der Waals surface area contributed by atoms with Crippen molar-refractivity contribution in [2.45, 2.75) is 46.0 Å². The molecular weight excluding hydrogens is 477 g/mol. The molecule has 9 heteroatoms. The fourth-order valence-electron chi connectivity index (χ4n) is 3.80. The van der Waals surface area contributed by atoms with Crippen LogP contribution in [0.25, 0.3) is 21.5 Å². The number of Topliss-reactive ketones (excluding diaryl/α,β-unsaturated/α-hetero) is 1. The smallest absolute Gasteiger partial charge is 0.416 e. The van der Waals surface area contributed by atoms with Crippen LogP contribution < -0.4 is 0 Å². The monoisotopic (exact) mass is 500 g/mol. The second-order valence-corrected chi connectivity index (χ2v) is 10.1. The molecule has 0 radical (unpaired) electrons. The predicted molar refractivity (Wildman–Crippen MR) is 129 cm³/mol. The van der Waals surface area contributed by atoms with E-state index in [4.69, 9.17) is 4.74 Å². The van der Waals surface area contributed by atoms with Crippen molar-refractivity contribution in [3.63, 3.8) is 0 Å². The normalized spacial score (nSPS) is 12.2. The summed E-state index contributed by atoms with van der Waals surface area (Å²) in [4.78, 5) is 30.2. The number of hydrogen-bond acceptors (Lipinski definition) is 5. The second-order valence-electron chi connectivity index (χ2n) is 9.11. The van der Waals surface area contributed by atoms with Crippen LogP contribution in [0.4, 0.5) is 13.2 Å². The SMILES string of the molecule is CC(=O)c1cnc(-c2c(C(=O)OC(C)(C)C)n(Cc3cccc(C(F)(F)F)c3)c3ccccc23)s1. The maximum atomic E-state index is 13.5. The van der Waals surface area contributed by atoms with Crippen LogP contribution >= 0.6 is 11.3 Å². The molecule has 0 aliphatic heterocycles. The number of alkyl halides is 3. The number of benzene rings is 2. The van der Waals surface area contributed by atoms with Gasteiger partial charge in [0.2, 0.25) is 0 Å². The lowest BCUT2D eigenvalue weighted by atomic mass is 10.1. The van der Waals surface area contributed by atoms with Crippen molar-refractivity contribution in [3.8, 4) is 10.6 Å². The number of fused-ring (bicyclic) bond motifs is 1. The lowest BCUT2D eigenvalue weighted by molar-refractivity contribution is -0.137. The highest BCUT2D eigenvalue weighted by atomic mass is 32.1. The number of para-hydroxylation sites is 1. The van der Waals surface area contributed by atoms with Crippen molar-refractivity contribution < 1.29 is 27.5 Å². The molecule has 0 spiro atoms. The maximum Gasteiger partial charge on any atom is 0.416 e. The molecule has 0 atom stereocenters. The Morgan fingerprint density at radius 2 is 1.77 bits per heavy atom. The van der Waals surface area contributed by atoms with Crippen LogP contribution in [0.1, 0.15) is 59.0 Å². The molecule has 0 aliphatic carbocycles. The Balaban J connectivity index is 1.97. The molecule has 0 unspecified atom stereocenters. The van der Waals surface area contributed by atoms with Crippen molar-refractivity contribution in [1.29, 1.82) is 0 Å². The topological polar surface area (TPSA) is 61.2 Å². The number of esters is 1. The molecule has 0 N–H and O–H groups in total. The van der Waals surface area contributed by atoms with Gasteiger partial charge in [-0.3, -0.25) is 4.79 Å². The maximum absolute atomic E-state index is 13.5. The number of carbonyl (C=O) groups excluding carboxylic acids is 2. The third kappa shape index (κ3) is 5.14. The van der Waals surface area contributed by atoms with Crippen molar-refractivity contribution in [3.05, 3.63) is 76.4 Å². The van der Waals surface area contributed by atoms with E-state index in [1.165, 1.54) is 19.2 Å². The van der Waals surface area contributed by atoms with E-state index < -0.39 is 23.3 Å². The van der Waals surface area contributed by atoms with E-state index in [1.807, 2.05) is 6.07 Å². The van der Waals surface area contributed by atoms with Gasteiger partial charge < -0.3 is 9.30 Å². The number of rotatable bonds is 5. The highest BCUT2D eigenvalue weighted by Gasteiger charge is 2.32. The molecule has 4 rings (SSSR count). The number of thiazole rings is 1. The Labute approximate surface area is 204 Å². The lowest BCUT2D eigenvalue weighted by Gasteiger charge is -2.21. The van der Waals surface area contributed by atoms with E-state index >= 15 is 0 Å². The third-order valence-electron chi connectivity index (χ3n) is 5.22. The van der Waals surface area contributed by atoms with E-state index in [9.17, 15) is 22.8 Å². The lowest BCUT2D eigenvalue weighted by Crippen LogP contribution is -2.26. The Morgan fingerprint density at radius 3 is 2.40 bits per heavy atom. The van der Waals surface area contributed by atoms with Gasteiger partial charge in [0, 0.05) is 30.6 Å². The zero-order chi connectivity index (χ0) is 25.5. The van der Waals surface area contributed by atoms with Crippen LogP contribution in [0.5, 0.6) is 0 Å². The van der Waals surface area contributed by atoms with E-state index in [1.54, 1.807) is 49.6 Å². The summed E-state index contributed by atoms with van der Waals surface area (Å²) in [6.07, 6.45) is -3.03.